The fourth-order valence-corrected chi connectivity index (χ4v) is 5.48. The van der Waals surface area contributed by atoms with Crippen molar-refractivity contribution in [2.24, 2.45) is 5.92 Å². The Morgan fingerprint density at radius 1 is 1.08 bits per heavy atom. The lowest BCUT2D eigenvalue weighted by Crippen LogP contribution is -2.55. The molecule has 0 amide bonds. The quantitative estimate of drug-likeness (QED) is 0.914. The highest BCUT2D eigenvalue weighted by atomic mass is 16.5. The first kappa shape index (κ1) is 16.6. The third kappa shape index (κ3) is 3.14. The molecule has 1 spiro atoms. The minimum atomic E-state index is 0.0923. The maximum absolute atomic E-state index is 6.68. The van der Waals surface area contributed by atoms with Crippen LogP contribution in [0.25, 0.3) is 0 Å². The summed E-state index contributed by atoms with van der Waals surface area (Å²) >= 11 is 0. The Bertz CT molecular complexity index is 528. The van der Waals surface area contributed by atoms with Gasteiger partial charge in [0.15, 0.2) is 0 Å². The summed E-state index contributed by atoms with van der Waals surface area (Å²) in [6.45, 7) is 2.59. The summed E-state index contributed by atoms with van der Waals surface area (Å²) in [4.78, 5) is 2.78. The van der Waals surface area contributed by atoms with Gasteiger partial charge in [-0.2, -0.15) is 0 Å². The molecular formula is C21H32N2O. The average molecular weight is 328 g/mol. The van der Waals surface area contributed by atoms with E-state index in [2.05, 4.69) is 40.5 Å². The van der Waals surface area contributed by atoms with Crippen molar-refractivity contribution in [1.29, 1.82) is 0 Å². The predicted molar refractivity (Wildman–Crippen MR) is 98.0 cm³/mol. The Morgan fingerprint density at radius 2 is 1.88 bits per heavy atom. The van der Waals surface area contributed by atoms with Crippen LogP contribution in [0, 0.1) is 5.92 Å². The summed E-state index contributed by atoms with van der Waals surface area (Å²) in [5, 5.41) is 3.37. The van der Waals surface area contributed by atoms with E-state index in [1.165, 1.54) is 63.6 Å². The van der Waals surface area contributed by atoms with Gasteiger partial charge in [-0.15, -0.1) is 0 Å². The summed E-state index contributed by atoms with van der Waals surface area (Å²) < 4.78 is 6.68. The van der Waals surface area contributed by atoms with Crippen molar-refractivity contribution in [3.05, 3.63) is 35.9 Å². The van der Waals surface area contributed by atoms with Gasteiger partial charge in [0, 0.05) is 12.0 Å². The van der Waals surface area contributed by atoms with Crippen LogP contribution in [0.2, 0.25) is 0 Å². The van der Waals surface area contributed by atoms with E-state index >= 15 is 0 Å². The molecule has 2 aliphatic heterocycles. The van der Waals surface area contributed by atoms with Crippen LogP contribution >= 0.6 is 0 Å². The number of benzene rings is 1. The van der Waals surface area contributed by atoms with Gasteiger partial charge in [-0.25, -0.2) is 0 Å². The number of rotatable bonds is 4. The second kappa shape index (κ2) is 7.15. The van der Waals surface area contributed by atoms with E-state index < -0.39 is 0 Å². The zero-order valence-electron chi connectivity index (χ0n) is 15.0. The first-order valence-corrected chi connectivity index (χ1v) is 9.94. The first-order chi connectivity index (χ1) is 11.8. The molecule has 2 saturated heterocycles. The molecule has 1 N–H and O–H groups in total. The minimum Gasteiger partial charge on any atom is -0.357 e. The second-order valence-electron chi connectivity index (χ2n) is 8.00. The molecule has 132 valence electrons. The van der Waals surface area contributed by atoms with Crippen LogP contribution in [0.3, 0.4) is 0 Å². The van der Waals surface area contributed by atoms with Gasteiger partial charge < -0.3 is 4.74 Å². The SMILES string of the molecule is CNC1CCC2(CCCC(N3CCCC3)C2Cc2ccccc2)O1. The summed E-state index contributed by atoms with van der Waals surface area (Å²) in [6, 6.07) is 11.8. The van der Waals surface area contributed by atoms with Crippen LogP contribution in [0.1, 0.15) is 50.5 Å². The lowest BCUT2D eigenvalue weighted by molar-refractivity contribution is -0.128. The number of hydrogen-bond donors (Lipinski definition) is 1. The molecule has 4 unspecified atom stereocenters. The fourth-order valence-electron chi connectivity index (χ4n) is 5.48. The lowest BCUT2D eigenvalue weighted by Gasteiger charge is -2.49. The van der Waals surface area contributed by atoms with Gasteiger partial charge in [-0.05, 0) is 77.1 Å². The highest BCUT2D eigenvalue weighted by Gasteiger charge is 2.51. The van der Waals surface area contributed by atoms with Gasteiger partial charge in [-0.3, -0.25) is 10.2 Å². The molecule has 1 aromatic rings. The van der Waals surface area contributed by atoms with E-state index in [9.17, 15) is 0 Å². The van der Waals surface area contributed by atoms with Crippen LogP contribution in [-0.2, 0) is 11.2 Å². The second-order valence-corrected chi connectivity index (χ2v) is 8.00. The van der Waals surface area contributed by atoms with Crippen molar-refractivity contribution in [3.8, 4) is 0 Å². The Balaban J connectivity index is 1.61. The zero-order valence-corrected chi connectivity index (χ0v) is 15.0. The maximum Gasteiger partial charge on any atom is 0.108 e. The van der Waals surface area contributed by atoms with Gasteiger partial charge in [0.1, 0.15) is 6.23 Å². The predicted octanol–water partition coefficient (Wildman–Crippen LogP) is 3.59. The molecule has 4 atom stereocenters. The molecule has 4 rings (SSSR count). The third-order valence-corrected chi connectivity index (χ3v) is 6.68. The molecule has 0 aromatic heterocycles. The van der Waals surface area contributed by atoms with Crippen LogP contribution in [0.5, 0.6) is 0 Å². The van der Waals surface area contributed by atoms with Gasteiger partial charge in [-0.1, -0.05) is 30.3 Å². The Morgan fingerprint density at radius 3 is 2.58 bits per heavy atom. The largest absolute Gasteiger partial charge is 0.357 e. The highest BCUT2D eigenvalue weighted by Crippen LogP contribution is 2.48. The molecule has 1 saturated carbocycles. The Kier molecular flexibility index (Phi) is 4.93. The molecule has 3 fully saturated rings. The van der Waals surface area contributed by atoms with Crippen molar-refractivity contribution in [3.63, 3.8) is 0 Å². The number of ether oxygens (including phenoxy) is 1. The molecule has 3 aliphatic rings. The number of hydrogen-bond acceptors (Lipinski definition) is 3. The Hall–Kier alpha value is -0.900. The van der Waals surface area contributed by atoms with Crippen LogP contribution in [0.15, 0.2) is 30.3 Å². The number of nitrogens with one attached hydrogen (secondary N) is 1. The maximum atomic E-state index is 6.68. The lowest BCUT2D eigenvalue weighted by atomic mass is 9.68. The average Bonchev–Trinajstić information content (AvgIpc) is 3.28. The normalized spacial score (nSPS) is 37.3. The van der Waals surface area contributed by atoms with E-state index in [4.69, 9.17) is 4.74 Å². The third-order valence-electron chi connectivity index (χ3n) is 6.68. The van der Waals surface area contributed by atoms with Crippen molar-refractivity contribution in [1.82, 2.24) is 10.2 Å². The standard InChI is InChI=1S/C21H32N2O/c1-22-20-11-13-21(24-20)12-7-10-19(23-14-5-6-15-23)18(21)16-17-8-3-2-4-9-17/h2-4,8-9,18-20,22H,5-7,10-16H2,1H3. The number of nitrogens with zero attached hydrogens (tertiary/aromatic N) is 1. The summed E-state index contributed by atoms with van der Waals surface area (Å²) in [5.41, 5.74) is 1.57. The number of likely N-dealkylation sites (tertiary alicyclic amines) is 1. The highest BCUT2D eigenvalue weighted by molar-refractivity contribution is 5.18. The molecule has 1 aliphatic carbocycles. The van der Waals surface area contributed by atoms with E-state index in [0.29, 0.717) is 12.0 Å². The van der Waals surface area contributed by atoms with E-state index in [-0.39, 0.29) is 11.8 Å². The van der Waals surface area contributed by atoms with Crippen LogP contribution in [0.4, 0.5) is 0 Å². The van der Waals surface area contributed by atoms with E-state index in [1.54, 1.807) is 0 Å². The van der Waals surface area contributed by atoms with Gasteiger partial charge in [0.2, 0.25) is 0 Å². The molecule has 24 heavy (non-hydrogen) atoms. The summed E-state index contributed by atoms with van der Waals surface area (Å²) in [7, 11) is 2.04. The monoisotopic (exact) mass is 328 g/mol. The molecule has 0 radical (unpaired) electrons. The van der Waals surface area contributed by atoms with Crippen LogP contribution < -0.4 is 5.32 Å². The molecule has 3 heteroatoms. The van der Waals surface area contributed by atoms with Crippen molar-refractivity contribution in [2.75, 3.05) is 20.1 Å². The smallest absolute Gasteiger partial charge is 0.108 e. The molecule has 1 aromatic carbocycles. The van der Waals surface area contributed by atoms with Gasteiger partial charge in [0.25, 0.3) is 0 Å². The first-order valence-electron chi connectivity index (χ1n) is 9.94. The van der Waals surface area contributed by atoms with Gasteiger partial charge in [0.05, 0.1) is 5.60 Å². The van der Waals surface area contributed by atoms with Gasteiger partial charge >= 0.3 is 0 Å². The minimum absolute atomic E-state index is 0.0923. The Labute approximate surface area is 146 Å². The van der Waals surface area contributed by atoms with Crippen molar-refractivity contribution in [2.45, 2.75) is 69.2 Å². The van der Waals surface area contributed by atoms with Crippen molar-refractivity contribution < 1.29 is 4.74 Å². The van der Waals surface area contributed by atoms with Crippen molar-refractivity contribution >= 4 is 0 Å². The fraction of sp³-hybridized carbons (Fsp3) is 0.714. The molecule has 3 nitrogen and oxygen atoms in total. The van der Waals surface area contributed by atoms with E-state index in [1.807, 2.05) is 7.05 Å². The summed E-state index contributed by atoms with van der Waals surface area (Å²) in [5.74, 6) is 0.630. The van der Waals surface area contributed by atoms with E-state index in [0.717, 1.165) is 6.42 Å². The molecular weight excluding hydrogens is 296 g/mol. The molecule has 0 bridgehead atoms. The topological polar surface area (TPSA) is 24.5 Å². The molecule has 2 heterocycles. The van der Waals surface area contributed by atoms with Crippen LogP contribution in [-0.4, -0.2) is 42.9 Å². The summed E-state index contributed by atoms with van der Waals surface area (Å²) in [6.07, 6.45) is 10.5. The zero-order chi connectivity index (χ0) is 16.4.